The number of hydrogen-bond donors (Lipinski definition) is 0. The van der Waals surface area contributed by atoms with Crippen LogP contribution in [-0.4, -0.2) is 17.9 Å². The van der Waals surface area contributed by atoms with Gasteiger partial charge in [-0.2, -0.15) is 18.4 Å². The molecule has 0 heterocycles. The van der Waals surface area contributed by atoms with E-state index in [9.17, 15) is 22.8 Å². The Balaban J connectivity index is 3.67. The predicted molar refractivity (Wildman–Crippen MR) is 56.6 cm³/mol. The Kier molecular flexibility index (Phi) is 4.09. The minimum atomic E-state index is -4.83. The monoisotopic (exact) mass is 275 g/mol. The molecule has 0 bridgehead atoms. The first-order chi connectivity index (χ1) is 8.35. The summed E-state index contributed by atoms with van der Waals surface area (Å²) in [5, 5.41) is 8.74. The lowest BCUT2D eigenvalue weighted by Crippen LogP contribution is -2.14. The van der Waals surface area contributed by atoms with E-state index in [4.69, 9.17) is 16.9 Å². The number of Topliss-reactive ketones (excluding diaryl/α,β-unsaturated/α-hetero) is 1. The van der Waals surface area contributed by atoms with E-state index in [0.717, 1.165) is 6.07 Å². The molecule has 0 aromatic heterocycles. The average Bonchev–Trinajstić information content (AvgIpc) is 2.34. The molecular weight excluding hydrogens is 271 g/mol. The Hall–Kier alpha value is -1.87. The van der Waals surface area contributed by atoms with Gasteiger partial charge in [0.2, 0.25) is 0 Å². The molecule has 0 N–H and O–H groups in total. The van der Waals surface area contributed by atoms with E-state index in [0.29, 0.717) is 6.07 Å². The molecular formula is C11H5ClF3NO2. The molecule has 0 aliphatic carbocycles. The third-order valence-electron chi connectivity index (χ3n) is 2.14. The second-order valence-electron chi connectivity index (χ2n) is 3.28. The first-order valence-corrected chi connectivity index (χ1v) is 5.08. The lowest BCUT2D eigenvalue weighted by Gasteiger charge is -2.12. The average molecular weight is 276 g/mol. The van der Waals surface area contributed by atoms with Crippen LogP contribution < -0.4 is 0 Å². The molecule has 7 heteroatoms. The maximum Gasteiger partial charge on any atom is 0.417 e. The number of benzene rings is 1. The van der Waals surface area contributed by atoms with Crippen LogP contribution in [0.1, 0.15) is 31.8 Å². The van der Waals surface area contributed by atoms with Crippen molar-refractivity contribution in [2.45, 2.75) is 6.18 Å². The van der Waals surface area contributed by atoms with Crippen molar-refractivity contribution in [1.29, 1.82) is 5.26 Å². The molecule has 0 saturated carbocycles. The number of carbonyl (C=O) groups is 2. The van der Waals surface area contributed by atoms with Crippen molar-refractivity contribution in [3.05, 3.63) is 34.4 Å². The van der Waals surface area contributed by atoms with Gasteiger partial charge in [-0.25, -0.2) is 0 Å². The smallest absolute Gasteiger partial charge is 0.298 e. The third kappa shape index (κ3) is 2.68. The Morgan fingerprint density at radius 2 is 2.06 bits per heavy atom. The minimum absolute atomic E-state index is 0.168. The van der Waals surface area contributed by atoms with Crippen LogP contribution in [0.25, 0.3) is 0 Å². The van der Waals surface area contributed by atoms with E-state index in [1.165, 1.54) is 6.07 Å². The SMILES string of the molecule is N#Cc1c(C(=O)CCl)cc(C=O)cc1C(F)(F)F. The van der Waals surface area contributed by atoms with Crippen molar-refractivity contribution in [3.8, 4) is 6.07 Å². The fourth-order valence-corrected chi connectivity index (χ4v) is 1.51. The van der Waals surface area contributed by atoms with Crippen LogP contribution in [0.15, 0.2) is 12.1 Å². The van der Waals surface area contributed by atoms with Crippen molar-refractivity contribution in [2.24, 2.45) is 0 Å². The summed E-state index contributed by atoms with van der Waals surface area (Å²) in [4.78, 5) is 21.9. The third-order valence-corrected chi connectivity index (χ3v) is 2.38. The first kappa shape index (κ1) is 14.2. The number of ketones is 1. The molecule has 18 heavy (non-hydrogen) atoms. The number of nitriles is 1. The van der Waals surface area contributed by atoms with Crippen LogP contribution in [0.2, 0.25) is 0 Å². The number of carbonyl (C=O) groups excluding carboxylic acids is 2. The summed E-state index contributed by atoms with van der Waals surface area (Å²) in [5.74, 6) is -1.42. The lowest BCUT2D eigenvalue weighted by atomic mass is 9.96. The van der Waals surface area contributed by atoms with Crippen molar-refractivity contribution in [3.63, 3.8) is 0 Å². The highest BCUT2D eigenvalue weighted by Crippen LogP contribution is 2.34. The molecule has 1 aromatic rings. The Morgan fingerprint density at radius 1 is 1.44 bits per heavy atom. The molecule has 0 unspecified atom stereocenters. The summed E-state index contributed by atoms with van der Waals surface area (Å²) in [6, 6.07) is 2.77. The highest BCUT2D eigenvalue weighted by Gasteiger charge is 2.36. The molecule has 0 saturated heterocycles. The molecule has 0 aliphatic rings. The summed E-state index contributed by atoms with van der Waals surface area (Å²) < 4.78 is 38.1. The topological polar surface area (TPSA) is 57.9 Å². The fourth-order valence-electron chi connectivity index (χ4n) is 1.37. The summed E-state index contributed by atoms with van der Waals surface area (Å²) in [6.45, 7) is 0. The quantitative estimate of drug-likeness (QED) is 0.484. The largest absolute Gasteiger partial charge is 0.417 e. The van der Waals surface area contributed by atoms with Gasteiger partial charge in [-0.05, 0) is 12.1 Å². The fraction of sp³-hybridized carbons (Fsp3) is 0.182. The molecule has 0 amide bonds. The second-order valence-corrected chi connectivity index (χ2v) is 3.54. The van der Waals surface area contributed by atoms with Gasteiger partial charge in [0.25, 0.3) is 0 Å². The maximum atomic E-state index is 12.7. The van der Waals surface area contributed by atoms with Gasteiger partial charge in [0.05, 0.1) is 17.0 Å². The van der Waals surface area contributed by atoms with E-state index >= 15 is 0 Å². The van der Waals surface area contributed by atoms with Crippen LogP contribution >= 0.6 is 11.6 Å². The van der Waals surface area contributed by atoms with Gasteiger partial charge in [-0.1, -0.05) is 0 Å². The van der Waals surface area contributed by atoms with Crippen molar-refractivity contribution >= 4 is 23.7 Å². The second kappa shape index (κ2) is 5.19. The maximum absolute atomic E-state index is 12.7. The molecule has 0 fully saturated rings. The van der Waals surface area contributed by atoms with Gasteiger partial charge < -0.3 is 0 Å². The molecule has 0 radical (unpaired) electrons. The number of aldehydes is 1. The molecule has 3 nitrogen and oxygen atoms in total. The number of halogens is 4. The molecule has 1 rings (SSSR count). The number of rotatable bonds is 3. The van der Waals surface area contributed by atoms with Crippen molar-refractivity contribution in [2.75, 3.05) is 5.88 Å². The van der Waals surface area contributed by atoms with Crippen LogP contribution in [0.3, 0.4) is 0 Å². The molecule has 0 atom stereocenters. The summed E-state index contributed by atoms with van der Waals surface area (Å²) in [7, 11) is 0. The Morgan fingerprint density at radius 3 is 2.44 bits per heavy atom. The van der Waals surface area contributed by atoms with E-state index in [2.05, 4.69) is 0 Å². The van der Waals surface area contributed by atoms with Crippen molar-refractivity contribution in [1.82, 2.24) is 0 Å². The summed E-state index contributed by atoms with van der Waals surface area (Å²) in [5.41, 5.74) is -2.97. The number of alkyl halides is 4. The lowest BCUT2D eigenvalue weighted by molar-refractivity contribution is -0.137. The standard InChI is InChI=1S/C11H5ClF3NO2/c12-3-10(18)7-1-6(5-17)2-9(8(7)4-16)11(13,14)15/h1-2,5H,3H2. The zero-order valence-electron chi connectivity index (χ0n) is 8.71. The molecule has 0 aliphatic heterocycles. The molecule has 94 valence electrons. The van der Waals surface area contributed by atoms with E-state index in [1.807, 2.05) is 0 Å². The van der Waals surface area contributed by atoms with Gasteiger partial charge in [-0.15, -0.1) is 11.6 Å². The van der Waals surface area contributed by atoms with Crippen LogP contribution in [0, 0.1) is 11.3 Å². The Labute approximate surface area is 105 Å². The number of nitrogens with zero attached hydrogens (tertiary/aromatic N) is 1. The van der Waals surface area contributed by atoms with E-state index in [1.54, 1.807) is 0 Å². The van der Waals surface area contributed by atoms with Gasteiger partial charge >= 0.3 is 6.18 Å². The van der Waals surface area contributed by atoms with Gasteiger partial charge in [-0.3, -0.25) is 9.59 Å². The molecule has 1 aromatic carbocycles. The van der Waals surface area contributed by atoms with Crippen LogP contribution in [0.5, 0.6) is 0 Å². The minimum Gasteiger partial charge on any atom is -0.298 e. The van der Waals surface area contributed by atoms with Gasteiger partial charge in [0.1, 0.15) is 12.4 Å². The summed E-state index contributed by atoms with van der Waals surface area (Å²) in [6.07, 6.45) is -4.66. The highest BCUT2D eigenvalue weighted by atomic mass is 35.5. The Bertz CT molecular complexity index is 546. The van der Waals surface area contributed by atoms with Gasteiger partial charge in [0, 0.05) is 11.1 Å². The highest BCUT2D eigenvalue weighted by molar-refractivity contribution is 6.30. The van der Waals surface area contributed by atoms with Crippen molar-refractivity contribution < 1.29 is 22.8 Å². The van der Waals surface area contributed by atoms with E-state index in [-0.39, 0.29) is 11.8 Å². The first-order valence-electron chi connectivity index (χ1n) is 4.54. The van der Waals surface area contributed by atoms with Gasteiger partial charge in [0.15, 0.2) is 5.78 Å². The summed E-state index contributed by atoms with van der Waals surface area (Å²) >= 11 is 5.25. The van der Waals surface area contributed by atoms with Crippen LogP contribution in [0.4, 0.5) is 13.2 Å². The normalized spacial score (nSPS) is 10.8. The molecule has 0 spiro atoms. The zero-order valence-corrected chi connectivity index (χ0v) is 9.47. The zero-order chi connectivity index (χ0) is 13.9. The van der Waals surface area contributed by atoms with Crippen LogP contribution in [-0.2, 0) is 6.18 Å². The predicted octanol–water partition coefficient (Wildman–Crippen LogP) is 2.81. The number of hydrogen-bond acceptors (Lipinski definition) is 3. The van der Waals surface area contributed by atoms with E-state index < -0.39 is 34.5 Å².